The Balaban J connectivity index is 0.00000342. The normalized spacial score (nSPS) is 16.3. The van der Waals surface area contributed by atoms with Crippen LogP contribution < -0.4 is 28.3 Å². The van der Waals surface area contributed by atoms with Gasteiger partial charge in [0, 0.05) is 0 Å². The molecule has 182 valence electrons. The fraction of sp³-hybridized carbons (Fsp3) is 0.273. The predicted molar refractivity (Wildman–Crippen MR) is 153 cm³/mol. The molecule has 35 heavy (non-hydrogen) atoms. The van der Waals surface area contributed by atoms with Crippen LogP contribution in [0.1, 0.15) is 47.0 Å². The summed E-state index contributed by atoms with van der Waals surface area (Å²) in [6.45, 7) is 9.37. The molecule has 1 aliphatic carbocycles. The number of benzene rings is 3. The Labute approximate surface area is 219 Å². The van der Waals surface area contributed by atoms with E-state index < -0.39 is 7.26 Å². The Kier molecular flexibility index (Phi) is 9.34. The molecule has 3 aromatic carbocycles. The van der Waals surface area contributed by atoms with Crippen LogP contribution in [-0.4, -0.2) is 6.16 Å². The lowest BCUT2D eigenvalue weighted by Crippen LogP contribution is -3.00. The Morgan fingerprint density at radius 3 is 1.69 bits per heavy atom. The first-order chi connectivity index (χ1) is 16.4. The van der Waals surface area contributed by atoms with E-state index in [0.717, 1.165) is 6.16 Å². The molecular weight excluding hydrogens is 463 g/mol. The Morgan fingerprint density at radius 1 is 0.800 bits per heavy atom. The average molecular weight is 501 g/mol. The highest BCUT2D eigenvalue weighted by Gasteiger charge is 2.44. The van der Waals surface area contributed by atoms with Crippen LogP contribution in [-0.2, 0) is 0 Å². The van der Waals surface area contributed by atoms with Gasteiger partial charge in [0.1, 0.15) is 23.2 Å². The summed E-state index contributed by atoms with van der Waals surface area (Å²) in [7, 11) is -1.82. The molecule has 0 amide bonds. The van der Waals surface area contributed by atoms with Crippen molar-refractivity contribution in [2.75, 3.05) is 6.16 Å². The molecule has 0 heterocycles. The molecule has 0 atom stereocenters. The molecule has 3 aromatic rings. The third-order valence-electron chi connectivity index (χ3n) is 7.33. The quantitative estimate of drug-likeness (QED) is 0.316. The van der Waals surface area contributed by atoms with E-state index >= 15 is 0 Å². The minimum Gasteiger partial charge on any atom is -1.00 e. The van der Waals surface area contributed by atoms with Gasteiger partial charge in [0.05, 0.1) is 6.16 Å². The summed E-state index contributed by atoms with van der Waals surface area (Å²) < 4.78 is 0. The van der Waals surface area contributed by atoms with Crippen molar-refractivity contribution >= 4 is 23.2 Å². The summed E-state index contributed by atoms with van der Waals surface area (Å²) >= 11 is 0. The van der Waals surface area contributed by atoms with Crippen LogP contribution in [0.4, 0.5) is 0 Å². The maximum Gasteiger partial charge on any atom is 0.115 e. The van der Waals surface area contributed by atoms with E-state index in [9.17, 15) is 0 Å². The summed E-state index contributed by atoms with van der Waals surface area (Å²) in [6.07, 6.45) is 12.1. The second kappa shape index (κ2) is 12.0. The maximum absolute atomic E-state index is 2.48. The van der Waals surface area contributed by atoms with Crippen molar-refractivity contribution in [1.82, 2.24) is 0 Å². The summed E-state index contributed by atoms with van der Waals surface area (Å²) in [6, 6.07) is 33.4. The molecule has 0 aromatic heterocycles. The van der Waals surface area contributed by atoms with Gasteiger partial charge in [-0.25, -0.2) is 0 Å². The molecule has 4 rings (SSSR count). The molecule has 0 aliphatic heterocycles. The maximum atomic E-state index is 2.48. The molecule has 2 heteroatoms. The van der Waals surface area contributed by atoms with Crippen molar-refractivity contribution in [3.05, 3.63) is 126 Å². The molecule has 0 nitrogen and oxygen atoms in total. The lowest BCUT2D eigenvalue weighted by molar-refractivity contribution is -0.00000727. The van der Waals surface area contributed by atoms with Crippen molar-refractivity contribution in [3.63, 3.8) is 0 Å². The van der Waals surface area contributed by atoms with E-state index in [-0.39, 0.29) is 17.8 Å². The van der Waals surface area contributed by atoms with Gasteiger partial charge in [-0.15, -0.1) is 0 Å². The van der Waals surface area contributed by atoms with Gasteiger partial charge in [0.15, 0.2) is 0 Å². The van der Waals surface area contributed by atoms with Crippen molar-refractivity contribution in [3.8, 4) is 0 Å². The van der Waals surface area contributed by atoms with E-state index in [4.69, 9.17) is 0 Å². The van der Waals surface area contributed by atoms with Crippen molar-refractivity contribution < 1.29 is 12.4 Å². The van der Waals surface area contributed by atoms with Gasteiger partial charge >= 0.3 is 0 Å². The molecule has 0 fully saturated rings. The summed E-state index contributed by atoms with van der Waals surface area (Å²) in [5.74, 6) is 0. The Morgan fingerprint density at radius 2 is 1.26 bits per heavy atom. The van der Waals surface area contributed by atoms with Gasteiger partial charge in [-0.3, -0.25) is 0 Å². The second-order valence-corrected chi connectivity index (χ2v) is 13.7. The summed E-state index contributed by atoms with van der Waals surface area (Å²) in [5.41, 5.74) is 4.70. The second-order valence-electron chi connectivity index (χ2n) is 10.2. The van der Waals surface area contributed by atoms with Gasteiger partial charge in [-0.05, 0) is 86.6 Å². The van der Waals surface area contributed by atoms with Crippen LogP contribution in [0.5, 0.6) is 0 Å². The van der Waals surface area contributed by atoms with E-state index in [0.29, 0.717) is 0 Å². The van der Waals surface area contributed by atoms with Crippen LogP contribution in [0, 0.1) is 5.41 Å². The highest BCUT2D eigenvalue weighted by Crippen LogP contribution is 2.55. The van der Waals surface area contributed by atoms with Crippen LogP contribution in [0.25, 0.3) is 0 Å². The SMILES string of the molecule is CC1=C(/C=C/C(C)=C\C[P+](c2ccccc2)(c2ccccc2)c2ccccc2)C(C)(C)CCC1.[Cl-]. The Bertz CT molecular complexity index is 1070. The highest BCUT2D eigenvalue weighted by atomic mass is 35.5. The molecule has 0 saturated carbocycles. The fourth-order valence-corrected chi connectivity index (χ4v) is 9.52. The van der Waals surface area contributed by atoms with Crippen molar-refractivity contribution in [2.24, 2.45) is 5.41 Å². The average Bonchev–Trinajstić information content (AvgIpc) is 2.86. The minimum absolute atomic E-state index is 0. The number of allylic oxidation sites excluding steroid dienone is 6. The van der Waals surface area contributed by atoms with Crippen molar-refractivity contribution in [2.45, 2.75) is 47.0 Å². The Hall–Kier alpha value is -2.40. The fourth-order valence-electron chi connectivity index (χ4n) is 5.38. The molecule has 0 spiro atoms. The number of hydrogen-bond acceptors (Lipinski definition) is 0. The van der Waals surface area contributed by atoms with E-state index in [2.05, 4.69) is 137 Å². The molecule has 0 N–H and O–H groups in total. The first-order valence-corrected chi connectivity index (χ1v) is 14.5. The summed E-state index contributed by atoms with van der Waals surface area (Å²) in [5, 5.41) is 4.31. The van der Waals surface area contributed by atoms with E-state index in [1.807, 2.05) is 0 Å². The van der Waals surface area contributed by atoms with Gasteiger partial charge in [0.25, 0.3) is 0 Å². The number of halogens is 1. The third-order valence-corrected chi connectivity index (χ3v) is 11.6. The first kappa shape index (κ1) is 27.2. The largest absolute Gasteiger partial charge is 1.00 e. The molecule has 1 aliphatic rings. The molecule has 0 unspecified atom stereocenters. The van der Waals surface area contributed by atoms with Gasteiger partial charge in [0.2, 0.25) is 0 Å². The van der Waals surface area contributed by atoms with Crippen LogP contribution >= 0.6 is 7.26 Å². The van der Waals surface area contributed by atoms with Crippen molar-refractivity contribution in [1.29, 1.82) is 0 Å². The number of hydrogen-bond donors (Lipinski definition) is 0. The minimum atomic E-state index is -1.82. The zero-order valence-corrected chi connectivity index (χ0v) is 23.2. The smallest absolute Gasteiger partial charge is 0.115 e. The number of rotatable bonds is 7. The first-order valence-electron chi connectivity index (χ1n) is 12.5. The molecule has 0 saturated heterocycles. The third kappa shape index (κ3) is 6.06. The van der Waals surface area contributed by atoms with Gasteiger partial charge in [-0.2, -0.15) is 0 Å². The topological polar surface area (TPSA) is 0 Å². The van der Waals surface area contributed by atoms with Gasteiger partial charge < -0.3 is 12.4 Å². The summed E-state index contributed by atoms with van der Waals surface area (Å²) in [4.78, 5) is 0. The predicted octanol–water partition coefficient (Wildman–Crippen LogP) is 5.01. The van der Waals surface area contributed by atoms with Crippen LogP contribution in [0.15, 0.2) is 126 Å². The molecule has 0 bridgehead atoms. The zero-order valence-electron chi connectivity index (χ0n) is 21.5. The molecule has 0 radical (unpaired) electrons. The van der Waals surface area contributed by atoms with Crippen LogP contribution in [0.3, 0.4) is 0 Å². The zero-order chi connectivity index (χ0) is 24.0. The lowest BCUT2D eigenvalue weighted by Gasteiger charge is -2.33. The van der Waals surface area contributed by atoms with Gasteiger partial charge in [-0.1, -0.05) is 91.7 Å². The van der Waals surface area contributed by atoms with E-state index in [1.165, 1.54) is 46.3 Å². The highest BCUT2D eigenvalue weighted by molar-refractivity contribution is 7.95. The van der Waals surface area contributed by atoms with E-state index in [1.54, 1.807) is 5.57 Å². The standard InChI is InChI=1S/C33H38P.ClH/c1-27(22-23-32-28(2)15-14-25-33(32,3)4)24-26-34(29-16-8-5-9-17-29,30-18-10-6-11-19-30)31-20-12-7-13-21-31;/h5-13,16-24H,14-15,25-26H2,1-4H3;1H/q+1;/p-1/b23-22+,27-24-;. The monoisotopic (exact) mass is 500 g/mol. The lowest BCUT2D eigenvalue weighted by atomic mass is 9.72. The molecular formula is C33H38ClP. The van der Waals surface area contributed by atoms with Crippen LogP contribution in [0.2, 0.25) is 0 Å².